The summed E-state index contributed by atoms with van der Waals surface area (Å²) < 4.78 is 0. The van der Waals surface area contributed by atoms with Gasteiger partial charge in [0.2, 0.25) is 0 Å². The van der Waals surface area contributed by atoms with E-state index in [1.807, 2.05) is 13.8 Å². The summed E-state index contributed by atoms with van der Waals surface area (Å²) in [6.07, 6.45) is 13.5. The second kappa shape index (κ2) is 8.38. The molecule has 0 aromatic rings. The molecule has 3 saturated carbocycles. The fourth-order valence-corrected chi connectivity index (χ4v) is 9.29. The van der Waals surface area contributed by atoms with Crippen LogP contribution in [0.4, 0.5) is 0 Å². The number of aliphatic hydroxyl groups excluding tert-OH is 1. The van der Waals surface area contributed by atoms with Gasteiger partial charge in [0.15, 0.2) is 0 Å². The van der Waals surface area contributed by atoms with Crippen LogP contribution in [0, 0.1) is 46.3 Å². The van der Waals surface area contributed by atoms with Crippen LogP contribution in [0.15, 0.2) is 11.6 Å². The summed E-state index contributed by atoms with van der Waals surface area (Å²) in [5, 5.41) is 31.7. The summed E-state index contributed by atoms with van der Waals surface area (Å²) in [4.78, 5) is 0. The molecule has 3 fully saturated rings. The van der Waals surface area contributed by atoms with Crippen molar-refractivity contribution in [3.8, 4) is 0 Å². The molecule has 4 aliphatic carbocycles. The van der Waals surface area contributed by atoms with Crippen molar-refractivity contribution in [1.29, 1.82) is 0 Å². The van der Waals surface area contributed by atoms with Gasteiger partial charge in [-0.15, -0.1) is 0 Å². The summed E-state index contributed by atoms with van der Waals surface area (Å²) in [6.45, 7) is 13.6. The third-order valence-electron chi connectivity index (χ3n) is 11.4. The van der Waals surface area contributed by atoms with E-state index in [9.17, 15) is 15.3 Å². The zero-order valence-electron chi connectivity index (χ0n) is 21.7. The van der Waals surface area contributed by atoms with E-state index in [1.54, 1.807) is 0 Å². The molecule has 0 aliphatic heterocycles. The quantitative estimate of drug-likeness (QED) is 0.431. The van der Waals surface area contributed by atoms with E-state index in [2.05, 4.69) is 33.8 Å². The summed E-state index contributed by atoms with van der Waals surface area (Å²) in [5.74, 6) is 3.69. The Morgan fingerprint density at radius 1 is 1.16 bits per heavy atom. The molecule has 0 amide bonds. The highest BCUT2D eigenvalue weighted by molar-refractivity contribution is 5.28. The van der Waals surface area contributed by atoms with E-state index in [0.717, 1.165) is 49.9 Å². The van der Waals surface area contributed by atoms with Crippen LogP contribution in [0.5, 0.6) is 0 Å². The Balaban J connectivity index is 1.55. The van der Waals surface area contributed by atoms with Crippen molar-refractivity contribution in [2.24, 2.45) is 46.3 Å². The summed E-state index contributed by atoms with van der Waals surface area (Å²) in [6, 6.07) is 0. The molecule has 3 nitrogen and oxygen atoms in total. The van der Waals surface area contributed by atoms with Gasteiger partial charge in [-0.1, -0.05) is 39.3 Å². The fraction of sp³-hybridized carbons (Fsp3) is 0.931. The summed E-state index contributed by atoms with van der Waals surface area (Å²) >= 11 is 0. The maximum Gasteiger partial charge on any atom is 0.0732 e. The first kappa shape index (κ1) is 24.7. The molecule has 0 bridgehead atoms. The molecule has 9 atom stereocenters. The smallest absolute Gasteiger partial charge is 0.0732 e. The molecular weight excluding hydrogens is 396 g/mol. The first-order chi connectivity index (χ1) is 14.9. The van der Waals surface area contributed by atoms with E-state index in [4.69, 9.17) is 0 Å². The Hall–Kier alpha value is -0.380. The lowest BCUT2D eigenvalue weighted by atomic mass is 9.45. The SMILES string of the molecule is CC[C@@]1(O)CC2=CC[C@H]3[C@@H]4CC[C@H]([C@H](C)CCC(C)(C)O)[C@@]4(C)CC[C@@H]3[C@@]2(C)C[C@@H]1CO. The highest BCUT2D eigenvalue weighted by Crippen LogP contribution is 2.68. The molecule has 184 valence electrons. The third-order valence-corrected chi connectivity index (χ3v) is 11.4. The van der Waals surface area contributed by atoms with Crippen molar-refractivity contribution in [1.82, 2.24) is 0 Å². The van der Waals surface area contributed by atoms with E-state index in [0.29, 0.717) is 17.3 Å². The molecule has 3 heteroatoms. The van der Waals surface area contributed by atoms with Gasteiger partial charge in [0.1, 0.15) is 0 Å². The number of hydrogen-bond donors (Lipinski definition) is 3. The van der Waals surface area contributed by atoms with E-state index >= 15 is 0 Å². The zero-order valence-corrected chi connectivity index (χ0v) is 21.7. The van der Waals surface area contributed by atoms with Crippen molar-refractivity contribution >= 4 is 0 Å². The first-order valence-corrected chi connectivity index (χ1v) is 13.6. The van der Waals surface area contributed by atoms with Gasteiger partial charge in [-0.3, -0.25) is 0 Å². The average Bonchev–Trinajstić information content (AvgIpc) is 3.09. The Bertz CT molecular complexity index is 722. The molecule has 0 unspecified atom stereocenters. The Morgan fingerprint density at radius 2 is 1.88 bits per heavy atom. The molecule has 0 radical (unpaired) electrons. The van der Waals surface area contributed by atoms with Crippen molar-refractivity contribution in [2.75, 3.05) is 6.61 Å². The van der Waals surface area contributed by atoms with Crippen LogP contribution in [0.25, 0.3) is 0 Å². The molecule has 4 aliphatic rings. The molecule has 0 aromatic heterocycles. The van der Waals surface area contributed by atoms with Crippen LogP contribution in [0.1, 0.15) is 106 Å². The first-order valence-electron chi connectivity index (χ1n) is 13.6. The van der Waals surface area contributed by atoms with Crippen LogP contribution < -0.4 is 0 Å². The second-order valence-electron chi connectivity index (χ2n) is 13.5. The number of aliphatic hydroxyl groups is 3. The average molecular weight is 447 g/mol. The van der Waals surface area contributed by atoms with Crippen LogP contribution in [0.2, 0.25) is 0 Å². The third kappa shape index (κ3) is 3.93. The minimum absolute atomic E-state index is 0.0000973. The van der Waals surface area contributed by atoms with Gasteiger partial charge in [0, 0.05) is 12.5 Å². The van der Waals surface area contributed by atoms with Gasteiger partial charge >= 0.3 is 0 Å². The molecule has 0 aromatic carbocycles. The Kier molecular flexibility index (Phi) is 6.48. The topological polar surface area (TPSA) is 60.7 Å². The fourth-order valence-electron chi connectivity index (χ4n) is 9.29. The van der Waals surface area contributed by atoms with Gasteiger partial charge < -0.3 is 15.3 Å². The monoisotopic (exact) mass is 446 g/mol. The highest BCUT2D eigenvalue weighted by atomic mass is 16.3. The molecule has 3 N–H and O–H groups in total. The Morgan fingerprint density at radius 3 is 2.50 bits per heavy atom. The number of fused-ring (bicyclic) bond motifs is 5. The van der Waals surface area contributed by atoms with Crippen LogP contribution in [-0.4, -0.2) is 33.1 Å². The second-order valence-corrected chi connectivity index (χ2v) is 13.5. The van der Waals surface area contributed by atoms with Gasteiger partial charge in [-0.2, -0.15) is 0 Å². The van der Waals surface area contributed by atoms with Crippen molar-refractivity contribution < 1.29 is 15.3 Å². The van der Waals surface area contributed by atoms with Crippen molar-refractivity contribution in [3.05, 3.63) is 11.6 Å². The van der Waals surface area contributed by atoms with Crippen LogP contribution in [-0.2, 0) is 0 Å². The lowest BCUT2D eigenvalue weighted by Crippen LogP contribution is -2.55. The van der Waals surface area contributed by atoms with Crippen LogP contribution in [0.3, 0.4) is 0 Å². The maximum atomic E-state index is 11.3. The minimum atomic E-state index is -0.732. The number of allylic oxidation sites excluding steroid dienone is 1. The lowest BCUT2D eigenvalue weighted by Gasteiger charge is -2.60. The number of rotatable bonds is 6. The molecule has 0 spiro atoms. The molecule has 4 rings (SSSR count). The lowest BCUT2D eigenvalue weighted by molar-refractivity contribution is -0.114. The molecule has 0 saturated heterocycles. The predicted molar refractivity (Wildman–Crippen MR) is 131 cm³/mol. The normalized spacial score (nSPS) is 47.3. The van der Waals surface area contributed by atoms with Crippen molar-refractivity contribution in [2.45, 2.75) is 117 Å². The predicted octanol–water partition coefficient (Wildman–Crippen LogP) is 6.11. The number of hydrogen-bond acceptors (Lipinski definition) is 3. The van der Waals surface area contributed by atoms with E-state index < -0.39 is 11.2 Å². The van der Waals surface area contributed by atoms with Gasteiger partial charge in [0.05, 0.1) is 11.2 Å². The van der Waals surface area contributed by atoms with E-state index in [1.165, 1.54) is 37.7 Å². The van der Waals surface area contributed by atoms with Gasteiger partial charge in [0.25, 0.3) is 0 Å². The molecule has 32 heavy (non-hydrogen) atoms. The van der Waals surface area contributed by atoms with Gasteiger partial charge in [-0.25, -0.2) is 0 Å². The minimum Gasteiger partial charge on any atom is -0.396 e. The van der Waals surface area contributed by atoms with E-state index in [-0.39, 0.29) is 17.9 Å². The van der Waals surface area contributed by atoms with Crippen molar-refractivity contribution in [3.63, 3.8) is 0 Å². The zero-order chi connectivity index (χ0) is 23.5. The summed E-state index contributed by atoms with van der Waals surface area (Å²) in [5.41, 5.74) is 0.768. The van der Waals surface area contributed by atoms with Crippen LogP contribution >= 0.6 is 0 Å². The highest BCUT2D eigenvalue weighted by Gasteiger charge is 2.61. The summed E-state index contributed by atoms with van der Waals surface area (Å²) in [7, 11) is 0. The Labute approximate surface area is 197 Å². The molecule has 0 heterocycles. The molecular formula is C29H50O3. The standard InChI is InChI=1S/C29H50O3/c1-7-29(32)17-20-8-9-22-24-11-10-23(19(2)12-14-26(3,4)31)27(24,5)15-13-25(22)28(20,6)16-21(29)18-30/h8,19,21-25,30-32H,7,9-18H2,1-6H3/t19-,21-,22+,23-,24+,25+,27-,28+,29-/m1/s1. The maximum absolute atomic E-state index is 11.3. The largest absolute Gasteiger partial charge is 0.396 e. The van der Waals surface area contributed by atoms with Gasteiger partial charge in [-0.05, 0) is 118 Å².